The first-order valence-corrected chi connectivity index (χ1v) is 6.40. The van der Waals surface area contributed by atoms with Gasteiger partial charge in [-0.3, -0.25) is 0 Å². The lowest BCUT2D eigenvalue weighted by Gasteiger charge is -2.36. The smallest absolute Gasteiger partial charge is 0.337 e. The maximum Gasteiger partial charge on any atom is 0.337 e. The second-order valence-corrected chi connectivity index (χ2v) is 4.58. The molecular weight excluding hydrogens is 249 g/mol. The van der Waals surface area contributed by atoms with E-state index in [0.717, 1.165) is 12.8 Å². The molecule has 0 atom stereocenters. The molecule has 0 bridgehead atoms. The number of esters is 1. The van der Waals surface area contributed by atoms with Crippen molar-refractivity contribution in [1.29, 1.82) is 0 Å². The number of anilines is 1. The fourth-order valence-electron chi connectivity index (χ4n) is 2.16. The summed E-state index contributed by atoms with van der Waals surface area (Å²) in [5, 5.41) is 3.09. The van der Waals surface area contributed by atoms with Crippen molar-refractivity contribution in [2.24, 2.45) is 0 Å². The minimum absolute atomic E-state index is 0.193. The van der Waals surface area contributed by atoms with E-state index in [4.69, 9.17) is 4.74 Å². The quantitative estimate of drug-likeness (QED) is 0.833. The lowest BCUT2D eigenvalue weighted by molar-refractivity contribution is 0.00292. The third-order valence-electron chi connectivity index (χ3n) is 3.24. The molecule has 1 aromatic rings. The van der Waals surface area contributed by atoms with Crippen molar-refractivity contribution in [3.8, 4) is 0 Å². The molecule has 1 aliphatic carbocycles. The molecule has 5 heteroatoms. The van der Waals surface area contributed by atoms with Crippen molar-refractivity contribution in [2.75, 3.05) is 19.0 Å². The number of hydrogen-bond acceptors (Lipinski definition) is 4. The van der Waals surface area contributed by atoms with Gasteiger partial charge >= 0.3 is 5.97 Å². The molecule has 1 saturated carbocycles. The second-order valence-electron chi connectivity index (χ2n) is 4.58. The van der Waals surface area contributed by atoms with Gasteiger partial charge in [0.1, 0.15) is 5.82 Å². The van der Waals surface area contributed by atoms with Gasteiger partial charge in [0.25, 0.3) is 0 Å². The Hall–Kier alpha value is -1.62. The van der Waals surface area contributed by atoms with E-state index in [1.165, 1.54) is 25.3 Å². The molecule has 0 aliphatic heterocycles. The topological polar surface area (TPSA) is 47.6 Å². The van der Waals surface area contributed by atoms with Gasteiger partial charge in [-0.15, -0.1) is 0 Å². The van der Waals surface area contributed by atoms with Crippen molar-refractivity contribution in [3.05, 3.63) is 29.6 Å². The molecule has 1 fully saturated rings. The summed E-state index contributed by atoms with van der Waals surface area (Å²) in [4.78, 5) is 11.4. The number of carbonyl (C=O) groups excluding carboxylic acids is 1. The molecule has 104 valence electrons. The van der Waals surface area contributed by atoms with E-state index in [9.17, 15) is 9.18 Å². The SMILES string of the molecule is CCOC1CC(Nc2cc(C(=O)OC)ccc2F)C1. The van der Waals surface area contributed by atoms with Gasteiger partial charge in [-0.2, -0.15) is 0 Å². The fourth-order valence-corrected chi connectivity index (χ4v) is 2.16. The molecule has 1 aliphatic rings. The van der Waals surface area contributed by atoms with Gasteiger partial charge in [0.05, 0.1) is 24.5 Å². The maximum absolute atomic E-state index is 13.7. The van der Waals surface area contributed by atoms with E-state index in [0.29, 0.717) is 17.9 Å². The lowest BCUT2D eigenvalue weighted by atomic mass is 9.89. The number of halogens is 1. The summed E-state index contributed by atoms with van der Waals surface area (Å²) in [5.41, 5.74) is 0.676. The maximum atomic E-state index is 13.7. The van der Waals surface area contributed by atoms with Crippen LogP contribution in [0.2, 0.25) is 0 Å². The molecule has 0 heterocycles. The summed E-state index contributed by atoms with van der Waals surface area (Å²) in [6.07, 6.45) is 1.97. The van der Waals surface area contributed by atoms with Gasteiger partial charge in [0.2, 0.25) is 0 Å². The zero-order valence-electron chi connectivity index (χ0n) is 11.1. The second kappa shape index (κ2) is 6.02. The first-order chi connectivity index (χ1) is 9.13. The van der Waals surface area contributed by atoms with E-state index in [1.807, 2.05) is 6.92 Å². The molecule has 2 rings (SSSR count). The summed E-state index contributed by atoms with van der Waals surface area (Å²) >= 11 is 0. The highest BCUT2D eigenvalue weighted by molar-refractivity contribution is 5.90. The zero-order chi connectivity index (χ0) is 13.8. The van der Waals surface area contributed by atoms with Crippen LogP contribution in [0, 0.1) is 5.82 Å². The van der Waals surface area contributed by atoms with Crippen LogP contribution in [0.5, 0.6) is 0 Å². The predicted octanol–water partition coefficient (Wildman–Crippen LogP) is 2.59. The average molecular weight is 267 g/mol. The van der Waals surface area contributed by atoms with E-state index in [1.54, 1.807) is 0 Å². The summed E-state index contributed by atoms with van der Waals surface area (Å²) in [6.45, 7) is 2.66. The number of benzene rings is 1. The molecule has 0 aromatic heterocycles. The van der Waals surface area contributed by atoms with Crippen molar-refractivity contribution in [1.82, 2.24) is 0 Å². The van der Waals surface area contributed by atoms with Gasteiger partial charge < -0.3 is 14.8 Å². The highest BCUT2D eigenvalue weighted by Gasteiger charge is 2.30. The predicted molar refractivity (Wildman–Crippen MR) is 69.8 cm³/mol. The van der Waals surface area contributed by atoms with Crippen LogP contribution in [-0.4, -0.2) is 31.8 Å². The van der Waals surface area contributed by atoms with E-state index < -0.39 is 5.97 Å². The number of rotatable bonds is 5. The highest BCUT2D eigenvalue weighted by Crippen LogP contribution is 2.28. The summed E-state index contributed by atoms with van der Waals surface area (Å²) < 4.78 is 23.7. The third kappa shape index (κ3) is 3.23. The van der Waals surface area contributed by atoms with Crippen LogP contribution < -0.4 is 5.32 Å². The van der Waals surface area contributed by atoms with Crippen LogP contribution in [-0.2, 0) is 9.47 Å². The average Bonchev–Trinajstić information content (AvgIpc) is 2.37. The molecule has 1 N–H and O–H groups in total. The zero-order valence-corrected chi connectivity index (χ0v) is 11.1. The molecular formula is C14H18FNO3. The Bertz CT molecular complexity index is 458. The Morgan fingerprint density at radius 2 is 2.21 bits per heavy atom. The third-order valence-corrected chi connectivity index (χ3v) is 3.24. The van der Waals surface area contributed by atoms with Crippen molar-refractivity contribution < 1.29 is 18.7 Å². The molecule has 0 unspecified atom stereocenters. The molecule has 0 spiro atoms. The van der Waals surface area contributed by atoms with E-state index in [2.05, 4.69) is 10.1 Å². The van der Waals surface area contributed by atoms with Crippen LogP contribution >= 0.6 is 0 Å². The summed E-state index contributed by atoms with van der Waals surface area (Å²) in [7, 11) is 1.30. The Kier molecular flexibility index (Phi) is 4.37. The fraction of sp³-hybridized carbons (Fsp3) is 0.500. The van der Waals surface area contributed by atoms with Crippen molar-refractivity contribution in [2.45, 2.75) is 31.9 Å². The Balaban J connectivity index is 1.98. The molecule has 4 nitrogen and oxygen atoms in total. The molecule has 0 amide bonds. The van der Waals surface area contributed by atoms with E-state index in [-0.39, 0.29) is 18.0 Å². The van der Waals surface area contributed by atoms with Gasteiger partial charge in [-0.05, 0) is 38.0 Å². The monoisotopic (exact) mass is 267 g/mol. The van der Waals surface area contributed by atoms with Crippen LogP contribution in [0.15, 0.2) is 18.2 Å². The summed E-state index contributed by atoms with van der Waals surface area (Å²) in [5.74, 6) is -0.837. The number of hydrogen-bond donors (Lipinski definition) is 1. The van der Waals surface area contributed by atoms with Crippen LogP contribution in [0.4, 0.5) is 10.1 Å². The first kappa shape index (κ1) is 13.8. The Morgan fingerprint density at radius 1 is 1.47 bits per heavy atom. The Morgan fingerprint density at radius 3 is 2.84 bits per heavy atom. The van der Waals surface area contributed by atoms with Crippen molar-refractivity contribution >= 4 is 11.7 Å². The van der Waals surface area contributed by atoms with E-state index >= 15 is 0 Å². The molecule has 0 saturated heterocycles. The van der Waals surface area contributed by atoms with Crippen LogP contribution in [0.1, 0.15) is 30.1 Å². The van der Waals surface area contributed by atoms with Gasteiger partial charge in [-0.25, -0.2) is 9.18 Å². The molecule has 0 radical (unpaired) electrons. The minimum Gasteiger partial charge on any atom is -0.465 e. The largest absolute Gasteiger partial charge is 0.465 e. The van der Waals surface area contributed by atoms with Crippen LogP contribution in [0.3, 0.4) is 0 Å². The number of ether oxygens (including phenoxy) is 2. The highest BCUT2D eigenvalue weighted by atomic mass is 19.1. The van der Waals surface area contributed by atoms with Gasteiger partial charge in [0.15, 0.2) is 0 Å². The standard InChI is InChI=1S/C14H18FNO3/c1-3-19-11-7-10(8-11)16-13-6-9(14(17)18-2)4-5-12(13)15/h4-6,10-11,16H,3,7-8H2,1-2H3. The van der Waals surface area contributed by atoms with Gasteiger partial charge in [-0.1, -0.05) is 0 Å². The molecule has 1 aromatic carbocycles. The minimum atomic E-state index is -0.469. The van der Waals surface area contributed by atoms with Crippen molar-refractivity contribution in [3.63, 3.8) is 0 Å². The first-order valence-electron chi connectivity index (χ1n) is 6.40. The Labute approximate surface area is 111 Å². The normalized spacial score (nSPS) is 21.6. The molecule has 19 heavy (non-hydrogen) atoms. The van der Waals surface area contributed by atoms with Crippen LogP contribution in [0.25, 0.3) is 0 Å². The summed E-state index contributed by atoms with van der Waals surface area (Å²) in [6, 6.07) is 4.36. The number of carbonyl (C=O) groups is 1. The lowest BCUT2D eigenvalue weighted by Crippen LogP contribution is -2.41. The number of nitrogens with one attached hydrogen (secondary N) is 1. The number of methoxy groups -OCH3 is 1. The van der Waals surface area contributed by atoms with Gasteiger partial charge in [0, 0.05) is 12.6 Å².